The van der Waals surface area contributed by atoms with E-state index in [1.807, 2.05) is 71.8 Å². The zero-order valence-corrected chi connectivity index (χ0v) is 32.8. The number of pyridine rings is 1. The fourth-order valence-electron chi connectivity index (χ4n) is 7.80. The minimum atomic E-state index is -0.401. The van der Waals surface area contributed by atoms with E-state index in [-0.39, 0.29) is 24.5 Å². The summed E-state index contributed by atoms with van der Waals surface area (Å²) in [6.45, 7) is 12.3. The van der Waals surface area contributed by atoms with E-state index in [0.717, 1.165) is 72.9 Å². The largest absolute Gasteiger partial charge is 0.484 e. The van der Waals surface area contributed by atoms with Crippen molar-refractivity contribution in [1.29, 1.82) is 5.41 Å². The number of benzene rings is 1. The highest BCUT2D eigenvalue weighted by Crippen LogP contribution is 2.39. The second-order valence-electron chi connectivity index (χ2n) is 16.2. The lowest BCUT2D eigenvalue weighted by Crippen LogP contribution is -2.79. The van der Waals surface area contributed by atoms with Gasteiger partial charge in [-0.05, 0) is 88.5 Å². The summed E-state index contributed by atoms with van der Waals surface area (Å²) in [7, 11) is 0. The summed E-state index contributed by atoms with van der Waals surface area (Å²) >= 11 is 0. The molecule has 0 bridgehead atoms. The zero-order valence-electron chi connectivity index (χ0n) is 32.8. The van der Waals surface area contributed by atoms with E-state index in [4.69, 9.17) is 19.6 Å². The Labute approximate surface area is 323 Å². The van der Waals surface area contributed by atoms with E-state index in [2.05, 4.69) is 56.8 Å². The molecule has 55 heavy (non-hydrogen) atoms. The van der Waals surface area contributed by atoms with Crippen LogP contribution in [-0.4, -0.2) is 67.7 Å². The summed E-state index contributed by atoms with van der Waals surface area (Å²) in [5.41, 5.74) is 3.66. The average molecular weight is 754 g/mol. The Morgan fingerprint density at radius 3 is 2.56 bits per heavy atom. The van der Waals surface area contributed by atoms with Crippen molar-refractivity contribution >= 4 is 29.0 Å². The minimum Gasteiger partial charge on any atom is -0.484 e. The number of amides is 2. The van der Waals surface area contributed by atoms with Gasteiger partial charge in [0.05, 0.1) is 31.6 Å². The molecule has 1 aliphatic carbocycles. The second-order valence-corrected chi connectivity index (χ2v) is 16.2. The summed E-state index contributed by atoms with van der Waals surface area (Å²) in [4.78, 5) is 16.1. The Hall–Kier alpha value is -4.79. The molecule has 0 saturated carbocycles. The van der Waals surface area contributed by atoms with E-state index in [1.165, 1.54) is 6.42 Å². The molecule has 294 valence electrons. The fourth-order valence-corrected chi connectivity index (χ4v) is 7.80. The van der Waals surface area contributed by atoms with Crippen molar-refractivity contribution < 1.29 is 24.3 Å². The van der Waals surface area contributed by atoms with Crippen molar-refractivity contribution in [1.82, 2.24) is 35.0 Å². The van der Waals surface area contributed by atoms with Crippen LogP contribution in [0.25, 0.3) is 5.65 Å². The molecular formula is C41H57N10O4+. The zero-order chi connectivity index (χ0) is 38.5. The molecule has 5 heterocycles. The molecule has 5 N–H and O–H groups in total. The van der Waals surface area contributed by atoms with Crippen LogP contribution in [0.15, 0.2) is 66.9 Å². The minimum absolute atomic E-state index is 0.146. The van der Waals surface area contributed by atoms with Crippen LogP contribution >= 0.6 is 0 Å². The van der Waals surface area contributed by atoms with Crippen molar-refractivity contribution in [2.24, 2.45) is 5.41 Å². The Kier molecular flexibility index (Phi) is 11.8. The van der Waals surface area contributed by atoms with Gasteiger partial charge in [-0.15, -0.1) is 10.2 Å². The number of urea groups is 1. The standard InChI is InChI=1S/C41H56N10O4/c1-27-11-10-12-28(2)51(27)40-48-47-37-19-16-30(26-50(37)40)55-34-18-17-33(31-13-6-7-14-32(31)34)45-39(52)46-36(23-35(42)41(3,4)5)44-29-24-43-49(25-29)20-22-54-38-15-8-9-21-53-38/h6-7,13-14,16,19,23-28,33-34,38,42,44H,8-12,15,17-18,20-22H2,1-5H3,(H2,45,46,52)/p+1. The molecule has 2 saturated heterocycles. The number of hydrogen-bond acceptors (Lipinski definition) is 9. The Balaban J connectivity index is 1.01. The first-order valence-electron chi connectivity index (χ1n) is 19.9. The van der Waals surface area contributed by atoms with Crippen molar-refractivity contribution in [3.63, 3.8) is 0 Å². The molecule has 7 rings (SSSR count). The predicted octanol–water partition coefficient (Wildman–Crippen LogP) is 6.29. The third-order valence-corrected chi connectivity index (χ3v) is 10.9. The number of quaternary nitrogens is 1. The number of carbonyl (C=O) groups is 1. The van der Waals surface area contributed by atoms with Gasteiger partial charge in [-0.25, -0.2) is 4.79 Å². The maximum Gasteiger partial charge on any atom is 0.323 e. The molecule has 3 aromatic heterocycles. The highest BCUT2D eigenvalue weighted by Gasteiger charge is 2.31. The van der Waals surface area contributed by atoms with E-state index >= 15 is 0 Å². The number of piperidine rings is 1. The van der Waals surface area contributed by atoms with Gasteiger partial charge >= 0.3 is 6.03 Å². The van der Waals surface area contributed by atoms with Gasteiger partial charge in [0.25, 0.3) is 0 Å². The maximum atomic E-state index is 13.7. The van der Waals surface area contributed by atoms with E-state index < -0.39 is 5.41 Å². The molecule has 14 nitrogen and oxygen atoms in total. The summed E-state index contributed by atoms with van der Waals surface area (Å²) in [5, 5.41) is 30.3. The maximum absolute atomic E-state index is 13.7. The number of ether oxygens (including phenoxy) is 3. The predicted molar refractivity (Wildman–Crippen MR) is 210 cm³/mol. The molecule has 5 atom stereocenters. The van der Waals surface area contributed by atoms with Crippen LogP contribution in [0.3, 0.4) is 0 Å². The number of aromatic nitrogens is 5. The molecule has 2 aliphatic heterocycles. The van der Waals surface area contributed by atoms with Crippen molar-refractivity contribution in [3.05, 3.63) is 78.0 Å². The van der Waals surface area contributed by atoms with Gasteiger partial charge in [0.1, 0.15) is 18.1 Å². The monoisotopic (exact) mass is 753 g/mol. The molecule has 4 aromatic rings. The summed E-state index contributed by atoms with van der Waals surface area (Å²) in [6.07, 6.45) is 15.1. The van der Waals surface area contributed by atoms with Gasteiger partial charge in [-0.3, -0.25) is 19.7 Å². The average Bonchev–Trinajstić information content (AvgIpc) is 3.79. The first-order chi connectivity index (χ1) is 26.5. The molecule has 0 spiro atoms. The van der Waals surface area contributed by atoms with E-state index in [0.29, 0.717) is 49.6 Å². The molecule has 2 amide bonds. The third-order valence-electron chi connectivity index (χ3n) is 10.9. The number of anilines is 1. The highest BCUT2D eigenvalue weighted by atomic mass is 16.7. The number of fused-ring (bicyclic) bond motifs is 2. The smallest absolute Gasteiger partial charge is 0.323 e. The lowest BCUT2D eigenvalue weighted by molar-refractivity contribution is -0.522. The number of rotatable bonds is 12. The molecule has 0 radical (unpaired) electrons. The van der Waals surface area contributed by atoms with Crippen LogP contribution in [0.2, 0.25) is 0 Å². The van der Waals surface area contributed by atoms with Crippen LogP contribution < -0.4 is 25.6 Å². The quantitative estimate of drug-likeness (QED) is 0.123. The van der Waals surface area contributed by atoms with Gasteiger partial charge in [0, 0.05) is 35.9 Å². The van der Waals surface area contributed by atoms with Gasteiger partial charge < -0.3 is 29.8 Å². The fraction of sp³-hybridized carbons (Fsp3) is 0.537. The molecule has 14 heteroatoms. The first-order valence-corrected chi connectivity index (χ1v) is 19.9. The summed E-state index contributed by atoms with van der Waals surface area (Å²) in [6, 6.07) is 12.3. The van der Waals surface area contributed by atoms with E-state index in [1.54, 1.807) is 12.3 Å². The van der Waals surface area contributed by atoms with Crippen LogP contribution in [0, 0.1) is 10.8 Å². The van der Waals surface area contributed by atoms with Gasteiger partial charge in [0.15, 0.2) is 17.6 Å². The highest BCUT2D eigenvalue weighted by molar-refractivity contribution is 5.97. The van der Waals surface area contributed by atoms with Crippen molar-refractivity contribution in [3.8, 4) is 5.75 Å². The van der Waals surface area contributed by atoms with Crippen molar-refractivity contribution in [2.45, 2.75) is 123 Å². The Bertz CT molecular complexity index is 1970. The van der Waals surface area contributed by atoms with Crippen LogP contribution in [0.4, 0.5) is 16.4 Å². The summed E-state index contributed by atoms with van der Waals surface area (Å²) in [5.74, 6) is 2.10. The molecule has 3 aliphatic rings. The third kappa shape index (κ3) is 9.37. The van der Waals surface area contributed by atoms with Gasteiger partial charge in [-0.2, -0.15) is 5.10 Å². The van der Waals surface area contributed by atoms with Gasteiger partial charge in [-0.1, -0.05) is 45.0 Å². The van der Waals surface area contributed by atoms with Crippen molar-refractivity contribution in [2.75, 3.05) is 18.1 Å². The molecule has 5 unspecified atom stereocenters. The number of nitrogens with two attached hydrogens (primary N) is 1. The topological polar surface area (TPSA) is 161 Å². The SMILES string of the molecule is CC1CCCC(C)N1c1nnc2ccc(OC3CCC(NC(=O)NC(=CC(=N)C(C)(C)C)[NH2+]c4cnn(CCOC5CCCCO5)c4)c4ccccc43)cn12. The molecule has 1 aromatic carbocycles. The molecular weight excluding hydrogens is 697 g/mol. The van der Waals surface area contributed by atoms with Gasteiger partial charge in [0.2, 0.25) is 11.8 Å². The number of carbonyl (C=O) groups excluding carboxylic acids is 1. The number of nitrogens with one attached hydrogen (secondary N) is 3. The molecule has 2 fully saturated rings. The van der Waals surface area contributed by atoms with Crippen LogP contribution in [0.1, 0.15) is 109 Å². The van der Waals surface area contributed by atoms with E-state index in [9.17, 15) is 4.79 Å². The number of hydrogen-bond donors (Lipinski definition) is 4. The first kappa shape index (κ1) is 38.5. The number of nitrogens with zero attached hydrogens (tertiary/aromatic N) is 6. The Morgan fingerprint density at radius 2 is 1.80 bits per heavy atom. The van der Waals surface area contributed by atoms with Crippen LogP contribution in [0.5, 0.6) is 5.75 Å². The lowest BCUT2D eigenvalue weighted by atomic mass is 9.85. The Morgan fingerprint density at radius 1 is 1.00 bits per heavy atom. The lowest BCUT2D eigenvalue weighted by Gasteiger charge is -2.39. The summed E-state index contributed by atoms with van der Waals surface area (Å²) < 4.78 is 22.1. The second kappa shape index (κ2) is 16.9. The normalized spacial score (nSPS) is 23.3. The van der Waals surface area contributed by atoms with Crippen LogP contribution in [-0.2, 0) is 16.0 Å². The number of allylic oxidation sites excluding steroid dienone is 1.